The van der Waals surface area contributed by atoms with E-state index in [1.165, 1.54) is 0 Å². The van der Waals surface area contributed by atoms with Gasteiger partial charge in [0.2, 0.25) is 5.91 Å². The first kappa shape index (κ1) is 13.7. The Bertz CT molecular complexity index is 402. The Morgan fingerprint density at radius 3 is 2.68 bits per heavy atom. The molecule has 19 heavy (non-hydrogen) atoms. The summed E-state index contributed by atoms with van der Waals surface area (Å²) < 4.78 is 10.8. The third-order valence-electron chi connectivity index (χ3n) is 3.44. The van der Waals surface area contributed by atoms with Gasteiger partial charge in [-0.05, 0) is 43.5 Å². The van der Waals surface area contributed by atoms with Gasteiger partial charge >= 0.3 is 0 Å². The monoisotopic (exact) mass is 263 g/mol. The van der Waals surface area contributed by atoms with Gasteiger partial charge in [0.25, 0.3) is 0 Å². The first-order chi connectivity index (χ1) is 9.29. The first-order valence-electron chi connectivity index (χ1n) is 6.84. The standard InChI is InChI=1S/C15H21NO3/c1-18-13-5-7-14(8-6-13)19-11-9-12-4-2-3-10-16-15(12)17/h5-8,12H,2-4,9-11H2,1H3,(H,16,17). The molecule has 4 heteroatoms. The van der Waals surface area contributed by atoms with Gasteiger partial charge < -0.3 is 14.8 Å². The zero-order valence-corrected chi connectivity index (χ0v) is 11.4. The maximum absolute atomic E-state index is 11.8. The van der Waals surface area contributed by atoms with Crippen molar-refractivity contribution in [3.05, 3.63) is 24.3 Å². The summed E-state index contributed by atoms with van der Waals surface area (Å²) in [5.74, 6) is 1.90. The molecule has 1 aliphatic heterocycles. The van der Waals surface area contributed by atoms with Crippen LogP contribution in [-0.2, 0) is 4.79 Å². The molecule has 4 nitrogen and oxygen atoms in total. The molecule has 1 fully saturated rings. The van der Waals surface area contributed by atoms with E-state index in [2.05, 4.69) is 5.32 Å². The Morgan fingerprint density at radius 2 is 1.95 bits per heavy atom. The fraction of sp³-hybridized carbons (Fsp3) is 0.533. The molecular weight excluding hydrogens is 242 g/mol. The van der Waals surface area contributed by atoms with Crippen LogP contribution < -0.4 is 14.8 Å². The average molecular weight is 263 g/mol. The number of rotatable bonds is 5. The fourth-order valence-corrected chi connectivity index (χ4v) is 2.27. The smallest absolute Gasteiger partial charge is 0.223 e. The van der Waals surface area contributed by atoms with Crippen LogP contribution in [0.4, 0.5) is 0 Å². The van der Waals surface area contributed by atoms with Gasteiger partial charge in [0.05, 0.1) is 13.7 Å². The highest BCUT2D eigenvalue weighted by molar-refractivity contribution is 5.78. The van der Waals surface area contributed by atoms with Crippen molar-refractivity contribution in [2.45, 2.75) is 25.7 Å². The quantitative estimate of drug-likeness (QED) is 0.887. The minimum absolute atomic E-state index is 0.0979. The van der Waals surface area contributed by atoms with Crippen LogP contribution in [-0.4, -0.2) is 26.2 Å². The molecule has 1 aliphatic rings. The fourth-order valence-electron chi connectivity index (χ4n) is 2.27. The molecule has 1 amide bonds. The van der Waals surface area contributed by atoms with E-state index in [1.54, 1.807) is 7.11 Å². The average Bonchev–Trinajstić information content (AvgIpc) is 2.65. The van der Waals surface area contributed by atoms with Crippen molar-refractivity contribution in [2.24, 2.45) is 5.92 Å². The van der Waals surface area contributed by atoms with E-state index in [4.69, 9.17) is 9.47 Å². The van der Waals surface area contributed by atoms with Crippen LogP contribution in [0.5, 0.6) is 11.5 Å². The molecule has 1 heterocycles. The number of methoxy groups -OCH3 is 1. The second kappa shape index (κ2) is 7.02. The summed E-state index contributed by atoms with van der Waals surface area (Å²) in [5, 5.41) is 2.95. The number of benzene rings is 1. The molecule has 1 saturated heterocycles. The predicted molar refractivity (Wildman–Crippen MR) is 73.5 cm³/mol. The Balaban J connectivity index is 1.77. The van der Waals surface area contributed by atoms with Crippen LogP contribution in [0.3, 0.4) is 0 Å². The van der Waals surface area contributed by atoms with Gasteiger partial charge in [-0.1, -0.05) is 6.42 Å². The third-order valence-corrected chi connectivity index (χ3v) is 3.44. The molecule has 0 aromatic heterocycles. The Labute approximate surface area is 114 Å². The molecular formula is C15H21NO3. The van der Waals surface area contributed by atoms with Gasteiger partial charge in [0.15, 0.2) is 0 Å². The minimum Gasteiger partial charge on any atom is -0.497 e. The SMILES string of the molecule is COc1ccc(OCCC2CCCCNC2=O)cc1. The van der Waals surface area contributed by atoms with Crippen LogP contribution in [0.15, 0.2) is 24.3 Å². The minimum atomic E-state index is 0.0979. The highest BCUT2D eigenvalue weighted by Gasteiger charge is 2.20. The molecule has 0 bridgehead atoms. The molecule has 0 spiro atoms. The lowest BCUT2D eigenvalue weighted by Gasteiger charge is -2.13. The van der Waals surface area contributed by atoms with Crippen LogP contribution in [0, 0.1) is 5.92 Å². The summed E-state index contributed by atoms with van der Waals surface area (Å²) in [6.07, 6.45) is 3.95. The van der Waals surface area contributed by atoms with Crippen LogP contribution in [0.2, 0.25) is 0 Å². The third kappa shape index (κ3) is 4.16. The highest BCUT2D eigenvalue weighted by atomic mass is 16.5. The van der Waals surface area contributed by atoms with E-state index in [-0.39, 0.29) is 11.8 Å². The maximum atomic E-state index is 11.8. The molecule has 1 N–H and O–H groups in total. The van der Waals surface area contributed by atoms with Crippen molar-refractivity contribution >= 4 is 5.91 Å². The summed E-state index contributed by atoms with van der Waals surface area (Å²) in [5.41, 5.74) is 0. The van der Waals surface area contributed by atoms with E-state index in [9.17, 15) is 4.79 Å². The highest BCUT2D eigenvalue weighted by Crippen LogP contribution is 2.19. The Kier molecular flexibility index (Phi) is 5.07. The van der Waals surface area contributed by atoms with Gasteiger partial charge in [0, 0.05) is 12.5 Å². The van der Waals surface area contributed by atoms with Crippen molar-refractivity contribution in [1.82, 2.24) is 5.32 Å². The number of carbonyl (C=O) groups is 1. The van der Waals surface area contributed by atoms with Gasteiger partial charge in [-0.3, -0.25) is 4.79 Å². The van der Waals surface area contributed by atoms with E-state index < -0.39 is 0 Å². The summed E-state index contributed by atoms with van der Waals surface area (Å²) >= 11 is 0. The largest absolute Gasteiger partial charge is 0.497 e. The zero-order valence-electron chi connectivity index (χ0n) is 11.4. The lowest BCUT2D eigenvalue weighted by Crippen LogP contribution is -2.29. The lowest BCUT2D eigenvalue weighted by atomic mass is 9.99. The van der Waals surface area contributed by atoms with Gasteiger partial charge in [-0.25, -0.2) is 0 Å². The summed E-state index contributed by atoms with van der Waals surface area (Å²) in [6, 6.07) is 7.50. The van der Waals surface area contributed by atoms with Gasteiger partial charge in [-0.2, -0.15) is 0 Å². The lowest BCUT2D eigenvalue weighted by molar-refractivity contribution is -0.125. The Morgan fingerprint density at radius 1 is 1.21 bits per heavy atom. The second-order valence-corrected chi connectivity index (χ2v) is 4.80. The predicted octanol–water partition coefficient (Wildman–Crippen LogP) is 2.38. The van der Waals surface area contributed by atoms with Gasteiger partial charge in [0.1, 0.15) is 11.5 Å². The molecule has 1 unspecified atom stereocenters. The van der Waals surface area contributed by atoms with E-state index in [1.807, 2.05) is 24.3 Å². The molecule has 1 aromatic rings. The molecule has 0 aliphatic carbocycles. The number of ether oxygens (including phenoxy) is 2. The topological polar surface area (TPSA) is 47.6 Å². The van der Waals surface area contributed by atoms with Crippen molar-refractivity contribution < 1.29 is 14.3 Å². The number of amides is 1. The van der Waals surface area contributed by atoms with Gasteiger partial charge in [-0.15, -0.1) is 0 Å². The number of hydrogen-bond donors (Lipinski definition) is 1. The molecule has 0 saturated carbocycles. The summed E-state index contributed by atoms with van der Waals surface area (Å²) in [7, 11) is 1.64. The molecule has 2 rings (SSSR count). The van der Waals surface area contributed by atoms with E-state index in [0.717, 1.165) is 43.7 Å². The van der Waals surface area contributed by atoms with E-state index >= 15 is 0 Å². The summed E-state index contributed by atoms with van der Waals surface area (Å²) in [4.78, 5) is 11.8. The van der Waals surface area contributed by atoms with Crippen LogP contribution in [0.25, 0.3) is 0 Å². The van der Waals surface area contributed by atoms with Crippen molar-refractivity contribution in [2.75, 3.05) is 20.3 Å². The zero-order chi connectivity index (χ0) is 13.5. The van der Waals surface area contributed by atoms with Crippen LogP contribution >= 0.6 is 0 Å². The normalized spacial score (nSPS) is 19.4. The molecule has 0 radical (unpaired) electrons. The molecule has 104 valence electrons. The number of nitrogens with one attached hydrogen (secondary N) is 1. The Hall–Kier alpha value is -1.71. The number of carbonyl (C=O) groups excluding carboxylic acids is 1. The van der Waals surface area contributed by atoms with E-state index in [0.29, 0.717) is 6.61 Å². The molecule has 1 atom stereocenters. The second-order valence-electron chi connectivity index (χ2n) is 4.80. The van der Waals surface area contributed by atoms with Crippen LogP contribution in [0.1, 0.15) is 25.7 Å². The summed E-state index contributed by atoms with van der Waals surface area (Å²) in [6.45, 7) is 1.39. The maximum Gasteiger partial charge on any atom is 0.223 e. The molecule has 1 aromatic carbocycles. The van der Waals surface area contributed by atoms with Crippen molar-refractivity contribution in [1.29, 1.82) is 0 Å². The number of hydrogen-bond acceptors (Lipinski definition) is 3. The van der Waals surface area contributed by atoms with Crippen molar-refractivity contribution in [3.63, 3.8) is 0 Å². The first-order valence-corrected chi connectivity index (χ1v) is 6.84. The van der Waals surface area contributed by atoms with Crippen molar-refractivity contribution in [3.8, 4) is 11.5 Å².